The van der Waals surface area contributed by atoms with Gasteiger partial charge in [0, 0.05) is 17.9 Å². The Kier molecular flexibility index (Phi) is 4.29. The maximum atomic E-state index is 5.76. The average Bonchev–Trinajstić information content (AvgIpc) is 2.37. The summed E-state index contributed by atoms with van der Waals surface area (Å²) >= 11 is 0. The van der Waals surface area contributed by atoms with Gasteiger partial charge in [0.15, 0.2) is 0 Å². The van der Waals surface area contributed by atoms with Gasteiger partial charge < -0.3 is 11.1 Å². The average molecular weight is 232 g/mol. The van der Waals surface area contributed by atoms with Crippen LogP contribution in [-0.4, -0.2) is 6.54 Å². The molecule has 0 atom stereocenters. The Balaban J connectivity index is 1.76. The second-order valence-electron chi connectivity index (χ2n) is 5.30. The van der Waals surface area contributed by atoms with Gasteiger partial charge in [0.05, 0.1) is 0 Å². The van der Waals surface area contributed by atoms with Crippen molar-refractivity contribution in [3.8, 4) is 0 Å². The predicted octanol–water partition coefficient (Wildman–Crippen LogP) is 3.90. The summed E-state index contributed by atoms with van der Waals surface area (Å²) in [6.07, 6.45) is 6.95. The van der Waals surface area contributed by atoms with Gasteiger partial charge in [-0.3, -0.25) is 0 Å². The first-order chi connectivity index (χ1) is 8.28. The summed E-state index contributed by atoms with van der Waals surface area (Å²) in [5, 5.41) is 3.51. The topological polar surface area (TPSA) is 38.0 Å². The summed E-state index contributed by atoms with van der Waals surface area (Å²) in [5.74, 6) is 1.83. The summed E-state index contributed by atoms with van der Waals surface area (Å²) in [7, 11) is 0. The molecule has 17 heavy (non-hydrogen) atoms. The highest BCUT2D eigenvalue weighted by Crippen LogP contribution is 2.30. The van der Waals surface area contributed by atoms with E-state index in [0.717, 1.165) is 29.8 Å². The fourth-order valence-corrected chi connectivity index (χ4v) is 2.75. The minimum atomic E-state index is 0.838. The number of benzene rings is 1. The molecule has 1 aromatic carbocycles. The molecule has 0 amide bonds. The van der Waals surface area contributed by atoms with Crippen LogP contribution in [0.2, 0.25) is 0 Å². The zero-order valence-corrected chi connectivity index (χ0v) is 10.8. The van der Waals surface area contributed by atoms with E-state index in [2.05, 4.69) is 18.3 Å². The lowest BCUT2D eigenvalue weighted by atomic mass is 9.81. The van der Waals surface area contributed by atoms with E-state index in [-0.39, 0.29) is 0 Å². The van der Waals surface area contributed by atoms with Crippen LogP contribution in [-0.2, 0) is 0 Å². The van der Waals surface area contributed by atoms with E-state index in [0.29, 0.717) is 0 Å². The van der Waals surface area contributed by atoms with Crippen LogP contribution in [0.15, 0.2) is 24.3 Å². The molecule has 1 saturated carbocycles. The highest BCUT2D eigenvalue weighted by Gasteiger charge is 2.19. The van der Waals surface area contributed by atoms with Gasteiger partial charge in [-0.1, -0.05) is 32.3 Å². The molecule has 2 rings (SSSR count). The third-order valence-electron chi connectivity index (χ3n) is 4.03. The van der Waals surface area contributed by atoms with Gasteiger partial charge in [-0.25, -0.2) is 0 Å². The van der Waals surface area contributed by atoms with Crippen LogP contribution in [0.25, 0.3) is 0 Å². The predicted molar refractivity (Wildman–Crippen MR) is 75.1 cm³/mol. The number of nitrogens with one attached hydrogen (secondary N) is 1. The number of nitrogen functional groups attached to an aromatic ring is 1. The van der Waals surface area contributed by atoms with E-state index in [4.69, 9.17) is 5.73 Å². The van der Waals surface area contributed by atoms with Crippen LogP contribution < -0.4 is 11.1 Å². The summed E-state index contributed by atoms with van der Waals surface area (Å²) in [6.45, 7) is 3.41. The van der Waals surface area contributed by atoms with Crippen LogP contribution in [0.4, 0.5) is 11.4 Å². The van der Waals surface area contributed by atoms with Crippen molar-refractivity contribution in [3.63, 3.8) is 0 Å². The van der Waals surface area contributed by atoms with E-state index in [1.165, 1.54) is 32.1 Å². The highest BCUT2D eigenvalue weighted by molar-refractivity contribution is 5.54. The van der Waals surface area contributed by atoms with Crippen LogP contribution in [0, 0.1) is 11.8 Å². The molecule has 0 spiro atoms. The van der Waals surface area contributed by atoms with Crippen molar-refractivity contribution < 1.29 is 0 Å². The second-order valence-corrected chi connectivity index (χ2v) is 5.30. The van der Waals surface area contributed by atoms with Crippen molar-refractivity contribution in [1.29, 1.82) is 0 Å². The van der Waals surface area contributed by atoms with Gasteiger partial charge in [0.2, 0.25) is 0 Å². The standard InChI is InChI=1S/C15H24N2/c1-2-12-6-8-13(9-7-12)11-17-15-5-3-4-14(16)10-15/h3-5,10,12-13,17H,2,6-9,11,16H2,1H3. The third kappa shape index (κ3) is 3.65. The van der Waals surface area contributed by atoms with Gasteiger partial charge >= 0.3 is 0 Å². The first kappa shape index (κ1) is 12.3. The molecule has 2 heteroatoms. The summed E-state index contributed by atoms with van der Waals surface area (Å²) < 4.78 is 0. The zero-order valence-electron chi connectivity index (χ0n) is 10.8. The lowest BCUT2D eigenvalue weighted by molar-refractivity contribution is 0.278. The lowest BCUT2D eigenvalue weighted by Crippen LogP contribution is -2.21. The normalized spacial score (nSPS) is 24.5. The maximum Gasteiger partial charge on any atom is 0.0360 e. The van der Waals surface area contributed by atoms with E-state index >= 15 is 0 Å². The van der Waals surface area contributed by atoms with Crippen molar-refractivity contribution in [2.75, 3.05) is 17.6 Å². The van der Waals surface area contributed by atoms with Crippen molar-refractivity contribution in [2.45, 2.75) is 39.0 Å². The van der Waals surface area contributed by atoms with Gasteiger partial charge in [-0.15, -0.1) is 0 Å². The van der Waals surface area contributed by atoms with Crippen LogP contribution >= 0.6 is 0 Å². The molecule has 0 heterocycles. The number of hydrogen-bond donors (Lipinski definition) is 2. The molecule has 1 fully saturated rings. The Morgan fingerprint density at radius 2 is 1.88 bits per heavy atom. The molecular formula is C15H24N2. The van der Waals surface area contributed by atoms with Gasteiger partial charge in [0.25, 0.3) is 0 Å². The van der Waals surface area contributed by atoms with Crippen LogP contribution in [0.5, 0.6) is 0 Å². The Bertz CT molecular complexity index is 341. The number of hydrogen-bond acceptors (Lipinski definition) is 2. The van der Waals surface area contributed by atoms with Crippen LogP contribution in [0.1, 0.15) is 39.0 Å². The van der Waals surface area contributed by atoms with Gasteiger partial charge in [0.1, 0.15) is 0 Å². The summed E-state index contributed by atoms with van der Waals surface area (Å²) in [6, 6.07) is 8.04. The molecule has 1 aromatic rings. The Morgan fingerprint density at radius 3 is 2.53 bits per heavy atom. The molecule has 3 N–H and O–H groups in total. The Morgan fingerprint density at radius 1 is 1.18 bits per heavy atom. The maximum absolute atomic E-state index is 5.76. The number of anilines is 2. The first-order valence-electron chi connectivity index (χ1n) is 6.87. The monoisotopic (exact) mass is 232 g/mol. The van der Waals surface area contributed by atoms with Gasteiger partial charge in [-0.2, -0.15) is 0 Å². The summed E-state index contributed by atoms with van der Waals surface area (Å²) in [5.41, 5.74) is 7.76. The van der Waals surface area contributed by atoms with E-state index < -0.39 is 0 Å². The smallest absolute Gasteiger partial charge is 0.0360 e. The zero-order chi connectivity index (χ0) is 12.1. The SMILES string of the molecule is CCC1CCC(CNc2cccc(N)c2)CC1. The van der Waals surface area contributed by atoms with Crippen LogP contribution in [0.3, 0.4) is 0 Å². The molecule has 0 aliphatic heterocycles. The van der Waals surface area contributed by atoms with Crippen molar-refractivity contribution in [2.24, 2.45) is 11.8 Å². The van der Waals surface area contributed by atoms with Gasteiger partial charge in [-0.05, 0) is 42.9 Å². The largest absolute Gasteiger partial charge is 0.399 e. The van der Waals surface area contributed by atoms with Crippen molar-refractivity contribution in [3.05, 3.63) is 24.3 Å². The Hall–Kier alpha value is -1.18. The molecule has 1 aliphatic carbocycles. The lowest BCUT2D eigenvalue weighted by Gasteiger charge is -2.28. The highest BCUT2D eigenvalue weighted by atomic mass is 14.9. The molecule has 0 bridgehead atoms. The molecular weight excluding hydrogens is 208 g/mol. The minimum absolute atomic E-state index is 0.838. The molecule has 94 valence electrons. The molecule has 0 aromatic heterocycles. The molecule has 0 radical (unpaired) electrons. The third-order valence-corrected chi connectivity index (χ3v) is 4.03. The van der Waals surface area contributed by atoms with E-state index in [1.54, 1.807) is 0 Å². The van der Waals surface area contributed by atoms with E-state index in [1.807, 2.05) is 18.2 Å². The molecule has 2 nitrogen and oxygen atoms in total. The number of nitrogens with two attached hydrogens (primary N) is 1. The Labute approximate surface area is 105 Å². The molecule has 1 aliphatic rings. The van der Waals surface area contributed by atoms with E-state index in [9.17, 15) is 0 Å². The van der Waals surface area contributed by atoms with Crippen molar-refractivity contribution >= 4 is 11.4 Å². The fraction of sp³-hybridized carbons (Fsp3) is 0.600. The minimum Gasteiger partial charge on any atom is -0.399 e. The molecule has 0 saturated heterocycles. The second kappa shape index (κ2) is 5.95. The molecule has 0 unspecified atom stereocenters. The fourth-order valence-electron chi connectivity index (χ4n) is 2.75. The number of rotatable bonds is 4. The van der Waals surface area contributed by atoms with Crippen molar-refractivity contribution in [1.82, 2.24) is 0 Å². The first-order valence-corrected chi connectivity index (χ1v) is 6.87. The quantitative estimate of drug-likeness (QED) is 0.773. The summed E-state index contributed by atoms with van der Waals surface area (Å²) in [4.78, 5) is 0.